The molecule has 2 aromatic rings. The van der Waals surface area contributed by atoms with Crippen LogP contribution in [-0.2, 0) is 20.3 Å². The van der Waals surface area contributed by atoms with Gasteiger partial charge in [-0.15, -0.1) is 0 Å². The molecular formula is C13H14Br2N2O2. The Morgan fingerprint density at radius 2 is 2.11 bits per heavy atom. The molecule has 0 aliphatic rings. The minimum Gasteiger partial charge on any atom is -0.487 e. The second-order valence-electron chi connectivity index (χ2n) is 4.17. The lowest BCUT2D eigenvalue weighted by Gasteiger charge is -2.11. The Morgan fingerprint density at radius 3 is 2.68 bits per heavy atom. The predicted octanol–water partition coefficient (Wildman–Crippen LogP) is 3.32. The van der Waals surface area contributed by atoms with E-state index in [1.54, 1.807) is 4.68 Å². The molecule has 1 N–H and O–H groups in total. The number of aliphatic hydroxyl groups is 1. The molecule has 0 atom stereocenters. The van der Waals surface area contributed by atoms with E-state index in [2.05, 4.69) is 37.0 Å². The van der Waals surface area contributed by atoms with Gasteiger partial charge in [-0.2, -0.15) is 5.10 Å². The number of aliphatic hydroxyl groups excluding tert-OH is 1. The summed E-state index contributed by atoms with van der Waals surface area (Å²) in [6.45, 7) is 2.28. The van der Waals surface area contributed by atoms with Crippen molar-refractivity contribution in [3.63, 3.8) is 0 Å². The highest BCUT2D eigenvalue weighted by molar-refractivity contribution is 9.10. The highest BCUT2D eigenvalue weighted by Crippen LogP contribution is 2.26. The maximum Gasteiger partial charge on any atom is 0.131 e. The van der Waals surface area contributed by atoms with Gasteiger partial charge in [0.15, 0.2) is 0 Å². The summed E-state index contributed by atoms with van der Waals surface area (Å²) in [5.74, 6) is 0.677. The number of nitrogens with zero attached hydrogens (tertiary/aromatic N) is 2. The van der Waals surface area contributed by atoms with Gasteiger partial charge in [0.2, 0.25) is 0 Å². The van der Waals surface area contributed by atoms with Gasteiger partial charge in [0.1, 0.15) is 12.4 Å². The normalized spacial score (nSPS) is 10.8. The zero-order chi connectivity index (χ0) is 14.0. The van der Waals surface area contributed by atoms with Crippen LogP contribution in [0, 0.1) is 6.92 Å². The lowest BCUT2D eigenvalue weighted by Crippen LogP contribution is -2.05. The number of halogens is 2. The van der Waals surface area contributed by atoms with Crippen molar-refractivity contribution in [3.05, 3.63) is 44.1 Å². The van der Waals surface area contributed by atoms with Gasteiger partial charge in [0.25, 0.3) is 0 Å². The third kappa shape index (κ3) is 3.19. The third-order valence-corrected chi connectivity index (χ3v) is 4.34. The summed E-state index contributed by atoms with van der Waals surface area (Å²) < 4.78 is 9.44. The Bertz CT molecular complexity index is 597. The molecule has 0 saturated carbocycles. The number of hydrogen-bond acceptors (Lipinski definition) is 3. The first kappa shape index (κ1) is 14.6. The van der Waals surface area contributed by atoms with Gasteiger partial charge in [-0.3, -0.25) is 4.68 Å². The van der Waals surface area contributed by atoms with E-state index in [1.165, 1.54) is 0 Å². The van der Waals surface area contributed by atoms with Crippen LogP contribution in [0.1, 0.15) is 17.0 Å². The summed E-state index contributed by atoms with van der Waals surface area (Å²) in [6, 6.07) is 5.57. The van der Waals surface area contributed by atoms with Crippen LogP contribution in [0.25, 0.3) is 0 Å². The summed E-state index contributed by atoms with van der Waals surface area (Å²) in [6.07, 6.45) is 0. The van der Waals surface area contributed by atoms with Gasteiger partial charge in [0.05, 0.1) is 22.5 Å². The fraction of sp³-hybridized carbons (Fsp3) is 0.308. The van der Waals surface area contributed by atoms with Gasteiger partial charge in [-0.05, 0) is 41.1 Å². The SMILES string of the molecule is Cc1nn(C)c(COc2ccc(Br)cc2CO)c1Br. The number of benzene rings is 1. The van der Waals surface area contributed by atoms with E-state index in [0.717, 1.165) is 25.9 Å². The number of hydrogen-bond donors (Lipinski definition) is 1. The quantitative estimate of drug-likeness (QED) is 0.872. The monoisotopic (exact) mass is 388 g/mol. The zero-order valence-electron chi connectivity index (χ0n) is 10.7. The van der Waals surface area contributed by atoms with E-state index in [4.69, 9.17) is 4.74 Å². The molecule has 0 unspecified atom stereocenters. The average Bonchev–Trinajstić information content (AvgIpc) is 2.62. The number of rotatable bonds is 4. The van der Waals surface area contributed by atoms with Crippen LogP contribution in [0.4, 0.5) is 0 Å². The van der Waals surface area contributed by atoms with Crippen molar-refractivity contribution in [2.24, 2.45) is 7.05 Å². The number of ether oxygens (including phenoxy) is 1. The van der Waals surface area contributed by atoms with E-state index in [-0.39, 0.29) is 6.61 Å². The summed E-state index contributed by atoms with van der Waals surface area (Å²) in [7, 11) is 1.88. The molecule has 0 radical (unpaired) electrons. The molecule has 2 rings (SSSR count). The van der Waals surface area contributed by atoms with Gasteiger partial charge in [-0.25, -0.2) is 0 Å². The first-order valence-electron chi connectivity index (χ1n) is 5.73. The van der Waals surface area contributed by atoms with E-state index in [9.17, 15) is 5.11 Å². The van der Waals surface area contributed by atoms with Crippen molar-refractivity contribution >= 4 is 31.9 Å². The van der Waals surface area contributed by atoms with E-state index in [1.807, 2.05) is 32.2 Å². The molecule has 1 heterocycles. The molecule has 6 heteroatoms. The van der Waals surface area contributed by atoms with Gasteiger partial charge >= 0.3 is 0 Å². The van der Waals surface area contributed by atoms with Crippen molar-refractivity contribution in [3.8, 4) is 5.75 Å². The summed E-state index contributed by atoms with van der Waals surface area (Å²) in [4.78, 5) is 0. The second kappa shape index (κ2) is 6.07. The van der Waals surface area contributed by atoms with Crippen molar-refractivity contribution in [2.45, 2.75) is 20.1 Å². The molecular weight excluding hydrogens is 376 g/mol. The molecule has 0 spiro atoms. The lowest BCUT2D eigenvalue weighted by atomic mass is 10.2. The van der Waals surface area contributed by atoms with Crippen LogP contribution in [0.3, 0.4) is 0 Å². The zero-order valence-corrected chi connectivity index (χ0v) is 13.8. The molecule has 0 aliphatic heterocycles. The summed E-state index contributed by atoms with van der Waals surface area (Å²) in [5.41, 5.74) is 2.65. The number of aryl methyl sites for hydroxylation is 2. The Balaban J connectivity index is 2.19. The molecule has 0 amide bonds. The maximum absolute atomic E-state index is 9.33. The molecule has 0 saturated heterocycles. The highest BCUT2D eigenvalue weighted by Gasteiger charge is 2.12. The molecule has 0 aliphatic carbocycles. The molecule has 0 fully saturated rings. The Labute approximate surface area is 128 Å². The highest BCUT2D eigenvalue weighted by atomic mass is 79.9. The first-order chi connectivity index (χ1) is 9.02. The topological polar surface area (TPSA) is 47.3 Å². The van der Waals surface area contributed by atoms with Gasteiger partial charge < -0.3 is 9.84 Å². The van der Waals surface area contributed by atoms with E-state index >= 15 is 0 Å². The van der Waals surface area contributed by atoms with Crippen molar-refractivity contribution in [1.82, 2.24) is 9.78 Å². The van der Waals surface area contributed by atoms with Crippen molar-refractivity contribution < 1.29 is 9.84 Å². The standard InChI is InChI=1S/C13H14Br2N2O2/c1-8-13(15)11(17(2)16-8)7-19-12-4-3-10(14)5-9(12)6-18/h3-5,18H,6-7H2,1-2H3. The first-order valence-corrected chi connectivity index (χ1v) is 7.31. The van der Waals surface area contributed by atoms with Gasteiger partial charge in [0, 0.05) is 17.1 Å². The average molecular weight is 390 g/mol. The van der Waals surface area contributed by atoms with Crippen LogP contribution in [0.2, 0.25) is 0 Å². The summed E-state index contributed by atoms with van der Waals surface area (Å²) in [5, 5.41) is 13.6. The number of aromatic nitrogens is 2. The molecule has 19 heavy (non-hydrogen) atoms. The van der Waals surface area contributed by atoms with Gasteiger partial charge in [-0.1, -0.05) is 15.9 Å². The van der Waals surface area contributed by atoms with Crippen LogP contribution < -0.4 is 4.74 Å². The molecule has 102 valence electrons. The van der Waals surface area contributed by atoms with Crippen LogP contribution in [0.15, 0.2) is 27.1 Å². The fourth-order valence-corrected chi connectivity index (χ4v) is 2.65. The minimum atomic E-state index is -0.0552. The molecule has 4 nitrogen and oxygen atoms in total. The predicted molar refractivity (Wildman–Crippen MR) is 80.0 cm³/mol. The van der Waals surface area contributed by atoms with Crippen LogP contribution in [-0.4, -0.2) is 14.9 Å². The minimum absolute atomic E-state index is 0.0552. The smallest absolute Gasteiger partial charge is 0.131 e. The second-order valence-corrected chi connectivity index (χ2v) is 5.88. The third-order valence-electron chi connectivity index (χ3n) is 2.82. The largest absolute Gasteiger partial charge is 0.487 e. The van der Waals surface area contributed by atoms with Crippen LogP contribution in [0.5, 0.6) is 5.75 Å². The Morgan fingerprint density at radius 1 is 1.37 bits per heavy atom. The van der Waals surface area contributed by atoms with E-state index in [0.29, 0.717) is 12.4 Å². The lowest BCUT2D eigenvalue weighted by molar-refractivity contribution is 0.255. The summed E-state index contributed by atoms with van der Waals surface area (Å²) >= 11 is 6.87. The van der Waals surface area contributed by atoms with Crippen LogP contribution >= 0.6 is 31.9 Å². The fourth-order valence-electron chi connectivity index (χ4n) is 1.80. The molecule has 1 aromatic carbocycles. The Kier molecular flexibility index (Phi) is 4.65. The maximum atomic E-state index is 9.33. The molecule has 1 aromatic heterocycles. The molecule has 0 bridgehead atoms. The van der Waals surface area contributed by atoms with Crippen molar-refractivity contribution in [1.29, 1.82) is 0 Å². The Hall–Kier alpha value is -0.850. The van der Waals surface area contributed by atoms with E-state index < -0.39 is 0 Å². The van der Waals surface area contributed by atoms with Crippen molar-refractivity contribution in [2.75, 3.05) is 0 Å².